The molecule has 2 aromatic carbocycles. The highest BCUT2D eigenvalue weighted by Gasteiger charge is 2.08. The highest BCUT2D eigenvalue weighted by molar-refractivity contribution is 7.92. The number of carbonyl (C=O) groups excluding carboxylic acids is 1. The Balaban J connectivity index is 1.78. The van der Waals surface area contributed by atoms with E-state index in [9.17, 15) is 13.2 Å². The van der Waals surface area contributed by atoms with Gasteiger partial charge in [-0.05, 0) is 61.7 Å². The first-order valence-corrected chi connectivity index (χ1v) is 10.1. The van der Waals surface area contributed by atoms with Crippen LogP contribution in [0.15, 0.2) is 48.5 Å². The second-order valence-electron chi connectivity index (χ2n) is 5.79. The van der Waals surface area contributed by atoms with Gasteiger partial charge in [-0.1, -0.05) is 12.1 Å². The number of carbonyl (C=O) groups is 1. The van der Waals surface area contributed by atoms with E-state index in [-0.39, 0.29) is 11.7 Å². The molecular weight excluding hydrogens is 352 g/mol. The number of amides is 1. The minimum Gasteiger partial charge on any atom is -0.497 e. The maximum Gasteiger partial charge on any atom is 0.251 e. The molecular formula is C19H24N2O4S. The minimum atomic E-state index is -3.31. The molecule has 0 radical (unpaired) electrons. The first-order valence-electron chi connectivity index (χ1n) is 8.45. The maximum absolute atomic E-state index is 12.1. The van der Waals surface area contributed by atoms with E-state index in [1.807, 2.05) is 24.3 Å². The Kier molecular flexibility index (Phi) is 7.03. The number of anilines is 1. The third-order valence-corrected chi connectivity index (χ3v) is 5.19. The summed E-state index contributed by atoms with van der Waals surface area (Å²) in [6.45, 7) is 2.13. The average molecular weight is 376 g/mol. The van der Waals surface area contributed by atoms with E-state index >= 15 is 0 Å². The Bertz CT molecular complexity index is 816. The number of rotatable bonds is 9. The van der Waals surface area contributed by atoms with Gasteiger partial charge < -0.3 is 10.1 Å². The molecule has 6 nitrogen and oxygen atoms in total. The fraction of sp³-hybridized carbons (Fsp3) is 0.316. The largest absolute Gasteiger partial charge is 0.497 e. The molecule has 0 atom stereocenters. The third kappa shape index (κ3) is 6.07. The minimum absolute atomic E-state index is 0.00341. The van der Waals surface area contributed by atoms with Gasteiger partial charge in [0.25, 0.3) is 5.91 Å². The topological polar surface area (TPSA) is 84.5 Å². The predicted octanol–water partition coefficient (Wildman–Crippen LogP) is 2.82. The van der Waals surface area contributed by atoms with Crippen LogP contribution in [0.2, 0.25) is 0 Å². The molecule has 2 rings (SSSR count). The zero-order chi connectivity index (χ0) is 19.0. The van der Waals surface area contributed by atoms with Crippen LogP contribution >= 0.6 is 0 Å². The van der Waals surface area contributed by atoms with Crippen LogP contribution in [0, 0.1) is 0 Å². The van der Waals surface area contributed by atoms with Crippen molar-refractivity contribution in [3.05, 3.63) is 59.7 Å². The van der Waals surface area contributed by atoms with Crippen molar-refractivity contribution < 1.29 is 17.9 Å². The van der Waals surface area contributed by atoms with Gasteiger partial charge in [-0.15, -0.1) is 0 Å². The summed E-state index contributed by atoms with van der Waals surface area (Å²) in [5.41, 5.74) is 2.13. The van der Waals surface area contributed by atoms with Crippen molar-refractivity contribution in [2.75, 3.05) is 24.1 Å². The van der Waals surface area contributed by atoms with Crippen LogP contribution in [0.1, 0.15) is 29.3 Å². The summed E-state index contributed by atoms with van der Waals surface area (Å²) in [5.74, 6) is 0.653. The molecule has 0 aliphatic heterocycles. The van der Waals surface area contributed by atoms with E-state index in [1.165, 1.54) is 5.56 Å². The Morgan fingerprint density at radius 3 is 2.27 bits per heavy atom. The molecule has 0 fully saturated rings. The van der Waals surface area contributed by atoms with Crippen molar-refractivity contribution in [3.63, 3.8) is 0 Å². The molecule has 0 bridgehead atoms. The molecule has 0 heterocycles. The van der Waals surface area contributed by atoms with Crippen molar-refractivity contribution in [2.24, 2.45) is 0 Å². The summed E-state index contributed by atoms with van der Waals surface area (Å²) >= 11 is 0. The van der Waals surface area contributed by atoms with E-state index in [1.54, 1.807) is 38.3 Å². The lowest BCUT2D eigenvalue weighted by atomic mass is 10.1. The molecule has 0 saturated carbocycles. The standard InChI is InChI=1S/C19H24N2O4S/c1-3-26(23,24)21-17-10-8-16(9-11-17)19(22)20-14-4-5-15-6-12-18(25-2)13-7-15/h6-13,21H,3-5,14H2,1-2H3,(H,20,22). The molecule has 0 saturated heterocycles. The summed E-state index contributed by atoms with van der Waals surface area (Å²) in [6, 6.07) is 14.2. The highest BCUT2D eigenvalue weighted by atomic mass is 32.2. The van der Waals surface area contributed by atoms with Gasteiger partial charge in [0.1, 0.15) is 5.75 Å². The number of hydrogen-bond donors (Lipinski definition) is 2. The van der Waals surface area contributed by atoms with Gasteiger partial charge in [-0.25, -0.2) is 8.42 Å². The Morgan fingerprint density at radius 1 is 1.04 bits per heavy atom. The summed E-state index contributed by atoms with van der Waals surface area (Å²) in [7, 11) is -1.68. The van der Waals surface area contributed by atoms with E-state index in [0.717, 1.165) is 18.6 Å². The lowest BCUT2D eigenvalue weighted by Crippen LogP contribution is -2.24. The molecule has 2 N–H and O–H groups in total. The van der Waals surface area contributed by atoms with Crippen molar-refractivity contribution in [3.8, 4) is 5.75 Å². The Hall–Kier alpha value is -2.54. The SMILES string of the molecule is CCS(=O)(=O)Nc1ccc(C(=O)NCCCc2ccc(OC)cc2)cc1. The van der Waals surface area contributed by atoms with Gasteiger partial charge in [0, 0.05) is 17.8 Å². The van der Waals surface area contributed by atoms with Gasteiger partial charge >= 0.3 is 0 Å². The number of methoxy groups -OCH3 is 1. The molecule has 7 heteroatoms. The molecule has 1 amide bonds. The Morgan fingerprint density at radius 2 is 1.69 bits per heavy atom. The number of benzene rings is 2. The summed E-state index contributed by atoms with van der Waals surface area (Å²) < 4.78 is 30.6. The van der Waals surface area contributed by atoms with Crippen molar-refractivity contribution in [2.45, 2.75) is 19.8 Å². The zero-order valence-corrected chi connectivity index (χ0v) is 15.8. The first kappa shape index (κ1) is 19.8. The second kappa shape index (κ2) is 9.24. The van der Waals surface area contributed by atoms with Crippen LogP contribution in [-0.4, -0.2) is 33.7 Å². The van der Waals surface area contributed by atoms with Crippen LogP contribution in [0.3, 0.4) is 0 Å². The average Bonchev–Trinajstić information content (AvgIpc) is 2.66. The number of hydrogen-bond acceptors (Lipinski definition) is 4. The fourth-order valence-electron chi connectivity index (χ4n) is 2.33. The normalized spacial score (nSPS) is 11.0. The van der Waals surface area contributed by atoms with Gasteiger partial charge in [-0.2, -0.15) is 0 Å². The summed E-state index contributed by atoms with van der Waals surface area (Å²) in [4.78, 5) is 12.1. The van der Waals surface area contributed by atoms with Crippen LogP contribution in [0.25, 0.3) is 0 Å². The quantitative estimate of drug-likeness (QED) is 0.659. The van der Waals surface area contributed by atoms with Crippen molar-refractivity contribution in [1.82, 2.24) is 5.32 Å². The highest BCUT2D eigenvalue weighted by Crippen LogP contribution is 2.13. The zero-order valence-electron chi connectivity index (χ0n) is 15.0. The molecule has 0 spiro atoms. The molecule has 0 aliphatic rings. The first-order chi connectivity index (χ1) is 12.4. The molecule has 0 aromatic heterocycles. The summed E-state index contributed by atoms with van der Waals surface area (Å²) in [5, 5.41) is 2.87. The van der Waals surface area contributed by atoms with Crippen LogP contribution in [-0.2, 0) is 16.4 Å². The van der Waals surface area contributed by atoms with Crippen LogP contribution in [0.5, 0.6) is 5.75 Å². The number of ether oxygens (including phenoxy) is 1. The number of sulfonamides is 1. The molecule has 140 valence electrons. The second-order valence-corrected chi connectivity index (χ2v) is 7.80. The molecule has 0 unspecified atom stereocenters. The van der Waals surface area contributed by atoms with E-state index < -0.39 is 10.0 Å². The lowest BCUT2D eigenvalue weighted by Gasteiger charge is -2.08. The predicted molar refractivity (Wildman–Crippen MR) is 103 cm³/mol. The lowest BCUT2D eigenvalue weighted by molar-refractivity contribution is 0.0953. The third-order valence-electron chi connectivity index (χ3n) is 3.89. The van der Waals surface area contributed by atoms with Gasteiger partial charge in [-0.3, -0.25) is 9.52 Å². The van der Waals surface area contributed by atoms with E-state index in [4.69, 9.17) is 4.74 Å². The molecule has 26 heavy (non-hydrogen) atoms. The van der Waals surface area contributed by atoms with Gasteiger partial charge in [0.05, 0.1) is 12.9 Å². The number of nitrogens with one attached hydrogen (secondary N) is 2. The number of aryl methyl sites for hydroxylation is 1. The van der Waals surface area contributed by atoms with Crippen molar-refractivity contribution in [1.29, 1.82) is 0 Å². The van der Waals surface area contributed by atoms with Crippen LogP contribution in [0.4, 0.5) is 5.69 Å². The van der Waals surface area contributed by atoms with E-state index in [2.05, 4.69) is 10.0 Å². The van der Waals surface area contributed by atoms with Gasteiger partial charge in [0.2, 0.25) is 10.0 Å². The monoisotopic (exact) mass is 376 g/mol. The fourth-order valence-corrected chi connectivity index (χ4v) is 2.97. The smallest absolute Gasteiger partial charge is 0.251 e. The molecule has 0 aliphatic carbocycles. The maximum atomic E-state index is 12.1. The Labute approximate surface area is 154 Å². The summed E-state index contributed by atoms with van der Waals surface area (Å²) in [6.07, 6.45) is 1.69. The molecule has 2 aromatic rings. The van der Waals surface area contributed by atoms with Gasteiger partial charge in [0.15, 0.2) is 0 Å². The van der Waals surface area contributed by atoms with Crippen molar-refractivity contribution >= 4 is 21.6 Å². The van der Waals surface area contributed by atoms with Crippen LogP contribution < -0.4 is 14.8 Å². The van der Waals surface area contributed by atoms with E-state index in [0.29, 0.717) is 17.8 Å².